The van der Waals surface area contributed by atoms with E-state index in [0.29, 0.717) is 16.3 Å². The lowest BCUT2D eigenvalue weighted by Gasteiger charge is -2.20. The monoisotopic (exact) mass is 392 g/mol. The van der Waals surface area contributed by atoms with Crippen molar-refractivity contribution in [1.82, 2.24) is 4.98 Å². The molecule has 2 rings (SSSR count). The molecule has 9 nitrogen and oxygen atoms in total. The first-order valence-corrected chi connectivity index (χ1v) is 9.08. The van der Waals surface area contributed by atoms with Gasteiger partial charge in [0.05, 0.1) is 9.82 Å². The molecule has 0 aliphatic carbocycles. The van der Waals surface area contributed by atoms with Crippen LogP contribution >= 0.6 is 11.8 Å². The summed E-state index contributed by atoms with van der Waals surface area (Å²) in [7, 11) is 0. The van der Waals surface area contributed by atoms with E-state index in [2.05, 4.69) is 10.3 Å². The average Bonchev–Trinajstić information content (AvgIpc) is 2.54. The van der Waals surface area contributed by atoms with Gasteiger partial charge < -0.3 is 15.2 Å². The van der Waals surface area contributed by atoms with E-state index in [9.17, 15) is 14.9 Å². The number of ether oxygens (including phenoxy) is 2. The molecule has 0 saturated heterocycles. The molecular weight excluding hydrogens is 372 g/mol. The van der Waals surface area contributed by atoms with Gasteiger partial charge in [0.15, 0.2) is 0 Å². The molecule has 10 heteroatoms. The molecule has 0 spiro atoms. The minimum Gasteiger partial charge on any atom is -0.449 e. The van der Waals surface area contributed by atoms with Gasteiger partial charge in [0, 0.05) is 18.0 Å². The van der Waals surface area contributed by atoms with Crippen molar-refractivity contribution in [3.63, 3.8) is 0 Å². The van der Waals surface area contributed by atoms with Crippen LogP contribution in [0.2, 0.25) is 0 Å². The number of nitro groups is 1. The van der Waals surface area contributed by atoms with Crippen molar-refractivity contribution in [3.05, 3.63) is 40.6 Å². The van der Waals surface area contributed by atoms with Crippen molar-refractivity contribution in [2.24, 2.45) is 0 Å². The largest absolute Gasteiger partial charge is 0.449 e. The lowest BCUT2D eigenvalue weighted by molar-refractivity contribution is -0.384. The fourth-order valence-corrected chi connectivity index (χ4v) is 2.64. The van der Waals surface area contributed by atoms with E-state index in [1.807, 2.05) is 6.26 Å². The summed E-state index contributed by atoms with van der Waals surface area (Å²) in [5.74, 6) is 0.132. The molecule has 0 aliphatic rings. The number of carbonyl (C=O) groups excluding carboxylic acids is 1. The van der Waals surface area contributed by atoms with Crippen molar-refractivity contribution in [2.45, 2.75) is 31.3 Å². The number of nitrogens with zero attached hydrogens (tertiary/aromatic N) is 2. The van der Waals surface area contributed by atoms with E-state index >= 15 is 0 Å². The third-order valence-corrected chi connectivity index (χ3v) is 3.89. The van der Waals surface area contributed by atoms with E-state index in [1.54, 1.807) is 39.0 Å². The Morgan fingerprint density at radius 3 is 2.59 bits per heavy atom. The van der Waals surface area contributed by atoms with E-state index in [4.69, 9.17) is 15.2 Å². The Balaban J connectivity index is 2.26. The summed E-state index contributed by atoms with van der Waals surface area (Å²) in [5.41, 5.74) is 5.06. The zero-order valence-electron chi connectivity index (χ0n) is 15.3. The summed E-state index contributed by atoms with van der Waals surface area (Å²) in [6, 6.07) is 6.25. The van der Waals surface area contributed by atoms with Gasteiger partial charge in [-0.25, -0.2) is 9.78 Å². The number of pyridine rings is 1. The van der Waals surface area contributed by atoms with E-state index in [1.165, 1.54) is 24.0 Å². The fourth-order valence-electron chi connectivity index (χ4n) is 2.09. The van der Waals surface area contributed by atoms with Crippen molar-refractivity contribution >= 4 is 35.0 Å². The van der Waals surface area contributed by atoms with Crippen molar-refractivity contribution in [1.29, 1.82) is 0 Å². The Hall–Kier alpha value is -3.01. The molecule has 3 N–H and O–H groups in total. The Morgan fingerprint density at radius 2 is 2.00 bits per heavy atom. The molecule has 1 aromatic heterocycles. The van der Waals surface area contributed by atoms with Crippen LogP contribution in [0.5, 0.6) is 11.5 Å². The number of benzene rings is 1. The molecule has 1 amide bonds. The molecule has 27 heavy (non-hydrogen) atoms. The standard InChI is InChI=1S/C17H20N4O5S/c1-17(2,3)26-16(22)20-10-5-6-11(13(9-10)27-4)25-12-7-8-19-15(18)14(12)21(23)24/h5-9H,1-4H3,(H2,18,19)(H,20,22). The summed E-state index contributed by atoms with van der Waals surface area (Å²) >= 11 is 1.35. The molecule has 0 fully saturated rings. The molecule has 0 atom stereocenters. The number of thioether (sulfide) groups is 1. The lowest BCUT2D eigenvalue weighted by Crippen LogP contribution is -2.27. The first-order valence-electron chi connectivity index (χ1n) is 7.85. The van der Waals surface area contributed by atoms with Crippen LogP contribution in [0.1, 0.15) is 20.8 Å². The predicted molar refractivity (Wildman–Crippen MR) is 103 cm³/mol. The van der Waals surface area contributed by atoms with Crippen LogP contribution in [-0.4, -0.2) is 27.9 Å². The van der Waals surface area contributed by atoms with Crippen LogP contribution in [0.4, 0.5) is 22.0 Å². The predicted octanol–water partition coefficient (Wildman–Crippen LogP) is 4.43. The second-order valence-corrected chi connectivity index (χ2v) is 7.24. The number of hydrogen-bond acceptors (Lipinski definition) is 8. The molecule has 0 saturated carbocycles. The smallest absolute Gasteiger partial charge is 0.412 e. The Labute approximate surface area is 160 Å². The van der Waals surface area contributed by atoms with Crippen molar-refractivity contribution in [2.75, 3.05) is 17.3 Å². The van der Waals surface area contributed by atoms with Gasteiger partial charge in [0.1, 0.15) is 11.4 Å². The lowest BCUT2D eigenvalue weighted by atomic mass is 10.2. The average molecular weight is 392 g/mol. The number of aromatic nitrogens is 1. The van der Waals surface area contributed by atoms with Crippen LogP contribution in [0.25, 0.3) is 0 Å². The molecular formula is C17H20N4O5S. The highest BCUT2D eigenvalue weighted by molar-refractivity contribution is 7.98. The number of anilines is 2. The highest BCUT2D eigenvalue weighted by Crippen LogP contribution is 2.39. The normalized spacial score (nSPS) is 11.0. The summed E-state index contributed by atoms with van der Waals surface area (Å²) < 4.78 is 10.9. The summed E-state index contributed by atoms with van der Waals surface area (Å²) in [6.07, 6.45) is 2.56. The first kappa shape index (κ1) is 20.3. The number of rotatable bonds is 5. The maximum atomic E-state index is 11.9. The second kappa shape index (κ2) is 8.12. The topological polar surface area (TPSA) is 130 Å². The third-order valence-electron chi connectivity index (χ3n) is 3.13. The Morgan fingerprint density at radius 1 is 1.30 bits per heavy atom. The van der Waals surface area contributed by atoms with Crippen LogP contribution < -0.4 is 15.8 Å². The summed E-state index contributed by atoms with van der Waals surface area (Å²) in [4.78, 5) is 26.8. The fraction of sp³-hybridized carbons (Fsp3) is 0.294. The van der Waals surface area contributed by atoms with Gasteiger partial charge in [-0.3, -0.25) is 15.4 Å². The van der Waals surface area contributed by atoms with Gasteiger partial charge in [-0.2, -0.15) is 0 Å². The number of hydrogen-bond donors (Lipinski definition) is 2. The van der Waals surface area contributed by atoms with Gasteiger partial charge >= 0.3 is 11.8 Å². The molecule has 144 valence electrons. The molecule has 0 bridgehead atoms. The number of nitrogen functional groups attached to an aromatic ring is 1. The van der Waals surface area contributed by atoms with Gasteiger partial charge in [0.25, 0.3) is 0 Å². The molecule has 0 radical (unpaired) electrons. The number of nitrogens with one attached hydrogen (secondary N) is 1. The highest BCUT2D eigenvalue weighted by atomic mass is 32.2. The number of carbonyl (C=O) groups is 1. The van der Waals surface area contributed by atoms with E-state index in [0.717, 1.165) is 0 Å². The SMILES string of the molecule is CSc1cc(NC(=O)OC(C)(C)C)ccc1Oc1ccnc(N)c1[N+](=O)[O-]. The molecule has 2 aromatic rings. The Kier molecular flexibility index (Phi) is 6.11. The molecule has 1 heterocycles. The number of amides is 1. The number of nitrogens with two attached hydrogens (primary N) is 1. The van der Waals surface area contributed by atoms with Crippen LogP contribution in [0.15, 0.2) is 35.4 Å². The zero-order valence-corrected chi connectivity index (χ0v) is 16.1. The van der Waals surface area contributed by atoms with Crippen LogP contribution in [0, 0.1) is 10.1 Å². The van der Waals surface area contributed by atoms with Crippen molar-refractivity contribution in [3.8, 4) is 11.5 Å². The second-order valence-electron chi connectivity index (χ2n) is 6.39. The molecule has 1 aromatic carbocycles. The van der Waals surface area contributed by atoms with E-state index in [-0.39, 0.29) is 11.6 Å². The zero-order chi connectivity index (χ0) is 20.2. The minimum absolute atomic E-state index is 0.0179. The summed E-state index contributed by atoms with van der Waals surface area (Å²) in [5, 5.41) is 13.9. The molecule has 0 unspecified atom stereocenters. The first-order chi connectivity index (χ1) is 12.6. The maximum Gasteiger partial charge on any atom is 0.412 e. The van der Waals surface area contributed by atoms with Crippen molar-refractivity contribution < 1.29 is 19.2 Å². The minimum atomic E-state index is -0.644. The third kappa shape index (κ3) is 5.48. The molecule has 0 aliphatic heterocycles. The quantitative estimate of drug-likeness (QED) is 0.434. The van der Waals surface area contributed by atoms with Crippen LogP contribution in [0.3, 0.4) is 0 Å². The maximum absolute atomic E-state index is 11.9. The van der Waals surface area contributed by atoms with Gasteiger partial charge in [-0.05, 0) is 45.2 Å². The summed E-state index contributed by atoms with van der Waals surface area (Å²) in [6.45, 7) is 5.30. The van der Waals surface area contributed by atoms with E-state index < -0.39 is 22.3 Å². The van der Waals surface area contributed by atoms with Gasteiger partial charge in [-0.1, -0.05) is 0 Å². The van der Waals surface area contributed by atoms with Gasteiger partial charge in [0.2, 0.25) is 11.6 Å². The van der Waals surface area contributed by atoms with Gasteiger partial charge in [-0.15, -0.1) is 11.8 Å². The van der Waals surface area contributed by atoms with Crippen LogP contribution in [-0.2, 0) is 4.74 Å². The Bertz CT molecular complexity index is 867. The highest BCUT2D eigenvalue weighted by Gasteiger charge is 2.22.